The molecule has 54 valence electrons. The van der Waals surface area contributed by atoms with Crippen LogP contribution in [0.5, 0.6) is 0 Å². The van der Waals surface area contributed by atoms with E-state index in [0.29, 0.717) is 6.61 Å². The Morgan fingerprint density at radius 2 is 2.44 bits per heavy atom. The monoisotopic (exact) mass is 132 g/mol. The van der Waals surface area contributed by atoms with Crippen molar-refractivity contribution in [3.8, 4) is 0 Å². The van der Waals surface area contributed by atoms with Gasteiger partial charge in [0.2, 0.25) is 0 Å². The van der Waals surface area contributed by atoms with Gasteiger partial charge >= 0.3 is 0 Å². The number of carbonyl (C=O) groups excluding carboxylic acids is 1. The highest BCUT2D eigenvalue weighted by Crippen LogP contribution is 1.77. The Labute approximate surface area is 54.3 Å². The predicted octanol–water partition coefficient (Wildman–Crippen LogP) is -0.597. The second kappa shape index (κ2) is 5.53. The van der Waals surface area contributed by atoms with Crippen LogP contribution in [0.1, 0.15) is 13.3 Å². The molecule has 0 aromatic rings. The summed E-state index contributed by atoms with van der Waals surface area (Å²) in [5.74, 6) is 4.49. The summed E-state index contributed by atoms with van der Waals surface area (Å²) in [6.07, 6.45) is 0.915. The summed E-state index contributed by atoms with van der Waals surface area (Å²) < 4.78 is 4.84. The summed E-state index contributed by atoms with van der Waals surface area (Å²) >= 11 is 0. The maximum Gasteiger partial charge on any atom is 0.259 e. The van der Waals surface area contributed by atoms with E-state index in [0.717, 1.165) is 6.42 Å². The number of hydrogen-bond acceptors (Lipinski definition) is 3. The molecule has 0 rings (SSSR count). The quantitative estimate of drug-likeness (QED) is 0.232. The van der Waals surface area contributed by atoms with E-state index in [4.69, 9.17) is 10.6 Å². The van der Waals surface area contributed by atoms with E-state index in [2.05, 4.69) is 0 Å². The van der Waals surface area contributed by atoms with Crippen molar-refractivity contribution >= 4 is 5.91 Å². The van der Waals surface area contributed by atoms with Crippen molar-refractivity contribution in [3.63, 3.8) is 0 Å². The lowest BCUT2D eigenvalue weighted by Gasteiger charge is -1.98. The van der Waals surface area contributed by atoms with Crippen LogP contribution in [0, 0.1) is 0 Å². The zero-order valence-corrected chi connectivity index (χ0v) is 5.52. The van der Waals surface area contributed by atoms with Crippen LogP contribution in [0.4, 0.5) is 0 Å². The third-order valence-corrected chi connectivity index (χ3v) is 0.743. The van der Waals surface area contributed by atoms with Gasteiger partial charge in [-0.25, -0.2) is 5.84 Å². The fourth-order valence-corrected chi connectivity index (χ4v) is 0.351. The summed E-state index contributed by atoms with van der Waals surface area (Å²) in [6, 6.07) is 0. The summed E-state index contributed by atoms with van der Waals surface area (Å²) in [4.78, 5) is 10.3. The van der Waals surface area contributed by atoms with Crippen molar-refractivity contribution in [2.75, 3.05) is 13.2 Å². The van der Waals surface area contributed by atoms with E-state index in [1.165, 1.54) is 0 Å². The fraction of sp³-hybridized carbons (Fsp3) is 0.800. The third kappa shape index (κ3) is 5.26. The normalized spacial score (nSPS) is 9.11. The molecule has 0 saturated heterocycles. The third-order valence-electron chi connectivity index (χ3n) is 0.743. The molecular weight excluding hydrogens is 120 g/mol. The van der Waals surface area contributed by atoms with E-state index in [9.17, 15) is 4.79 Å². The summed E-state index contributed by atoms with van der Waals surface area (Å²) in [6.45, 7) is 2.64. The van der Waals surface area contributed by atoms with E-state index in [-0.39, 0.29) is 12.5 Å². The van der Waals surface area contributed by atoms with E-state index in [1.807, 2.05) is 12.3 Å². The molecule has 0 saturated carbocycles. The molecule has 0 aliphatic carbocycles. The number of amides is 1. The molecule has 0 unspecified atom stereocenters. The Morgan fingerprint density at radius 3 is 2.89 bits per heavy atom. The molecule has 0 fully saturated rings. The van der Waals surface area contributed by atoms with E-state index < -0.39 is 0 Å². The Kier molecular flexibility index (Phi) is 5.15. The van der Waals surface area contributed by atoms with Gasteiger partial charge in [0.25, 0.3) is 5.91 Å². The van der Waals surface area contributed by atoms with Crippen LogP contribution < -0.4 is 11.3 Å². The van der Waals surface area contributed by atoms with Crippen molar-refractivity contribution in [1.29, 1.82) is 0 Å². The largest absolute Gasteiger partial charge is 0.372 e. The first-order chi connectivity index (χ1) is 4.31. The highest BCUT2D eigenvalue weighted by Gasteiger charge is 1.94. The second-order valence-electron chi connectivity index (χ2n) is 1.62. The molecule has 0 aromatic heterocycles. The molecule has 0 aliphatic rings. The van der Waals surface area contributed by atoms with Crippen molar-refractivity contribution in [2.24, 2.45) is 5.84 Å². The number of hydrazine groups is 1. The molecule has 0 bridgehead atoms. The lowest BCUT2D eigenvalue weighted by Crippen LogP contribution is -2.33. The average Bonchev–Trinajstić information content (AvgIpc) is 1.89. The van der Waals surface area contributed by atoms with Crippen LogP contribution in [-0.4, -0.2) is 19.1 Å². The van der Waals surface area contributed by atoms with Crippen molar-refractivity contribution < 1.29 is 9.53 Å². The zero-order valence-electron chi connectivity index (χ0n) is 5.52. The van der Waals surface area contributed by atoms with Crippen LogP contribution in [0.15, 0.2) is 0 Å². The van der Waals surface area contributed by atoms with Gasteiger partial charge in [0.1, 0.15) is 6.61 Å². The lowest BCUT2D eigenvalue weighted by molar-refractivity contribution is -0.125. The molecule has 0 aromatic carbocycles. The van der Waals surface area contributed by atoms with E-state index >= 15 is 0 Å². The topological polar surface area (TPSA) is 64.3 Å². The molecule has 9 heavy (non-hydrogen) atoms. The predicted molar refractivity (Wildman–Crippen MR) is 33.4 cm³/mol. The summed E-state index contributed by atoms with van der Waals surface area (Å²) in [7, 11) is 0. The Bertz CT molecular complexity index is 85.0. The zero-order chi connectivity index (χ0) is 7.11. The minimum Gasteiger partial charge on any atom is -0.372 e. The highest BCUT2D eigenvalue weighted by atomic mass is 16.5. The molecule has 0 heterocycles. The van der Waals surface area contributed by atoms with E-state index in [1.54, 1.807) is 0 Å². The maximum atomic E-state index is 10.3. The smallest absolute Gasteiger partial charge is 0.259 e. The number of nitrogens with two attached hydrogens (primary N) is 1. The molecule has 0 spiro atoms. The number of rotatable bonds is 4. The molecular formula is C5H12N2O2. The molecule has 4 nitrogen and oxygen atoms in total. The molecule has 0 radical (unpaired) electrons. The molecule has 3 N–H and O–H groups in total. The summed E-state index contributed by atoms with van der Waals surface area (Å²) in [5.41, 5.74) is 1.96. The standard InChI is InChI=1S/C5H12N2O2/c1-2-3-9-4-5(8)7-6/h2-4,6H2,1H3,(H,7,8). The SMILES string of the molecule is CCCOCC(=O)NN. The average molecular weight is 132 g/mol. The van der Waals surface area contributed by atoms with Gasteiger partial charge in [0, 0.05) is 6.61 Å². The van der Waals surface area contributed by atoms with Crippen molar-refractivity contribution in [3.05, 3.63) is 0 Å². The minimum absolute atomic E-state index is 0.0599. The van der Waals surface area contributed by atoms with Gasteiger partial charge in [-0.1, -0.05) is 6.92 Å². The van der Waals surface area contributed by atoms with Crippen LogP contribution >= 0.6 is 0 Å². The van der Waals surface area contributed by atoms with Gasteiger partial charge < -0.3 is 4.74 Å². The Morgan fingerprint density at radius 1 is 1.78 bits per heavy atom. The van der Waals surface area contributed by atoms with Gasteiger partial charge in [-0.15, -0.1) is 0 Å². The van der Waals surface area contributed by atoms with Crippen molar-refractivity contribution in [1.82, 2.24) is 5.43 Å². The number of ether oxygens (including phenoxy) is 1. The first kappa shape index (κ1) is 8.39. The Balaban J connectivity index is 2.97. The van der Waals surface area contributed by atoms with Crippen LogP contribution in [0.25, 0.3) is 0 Å². The van der Waals surface area contributed by atoms with Crippen molar-refractivity contribution in [2.45, 2.75) is 13.3 Å². The highest BCUT2D eigenvalue weighted by molar-refractivity contribution is 5.76. The molecule has 0 aliphatic heterocycles. The fourth-order valence-electron chi connectivity index (χ4n) is 0.351. The van der Waals surface area contributed by atoms with Gasteiger partial charge in [0.05, 0.1) is 0 Å². The second-order valence-corrected chi connectivity index (χ2v) is 1.62. The Hall–Kier alpha value is -0.610. The summed E-state index contributed by atoms with van der Waals surface area (Å²) in [5, 5.41) is 0. The number of nitrogens with one attached hydrogen (secondary N) is 1. The van der Waals surface area contributed by atoms with Gasteiger partial charge in [-0.05, 0) is 6.42 Å². The van der Waals surface area contributed by atoms with Gasteiger partial charge in [-0.3, -0.25) is 10.2 Å². The molecule has 1 amide bonds. The number of hydrogen-bond donors (Lipinski definition) is 2. The van der Waals surface area contributed by atoms with Crippen LogP contribution in [0.3, 0.4) is 0 Å². The van der Waals surface area contributed by atoms with Gasteiger partial charge in [0.15, 0.2) is 0 Å². The lowest BCUT2D eigenvalue weighted by atomic mass is 10.5. The first-order valence-corrected chi connectivity index (χ1v) is 2.88. The maximum absolute atomic E-state index is 10.3. The van der Waals surface area contributed by atoms with Crippen LogP contribution in [-0.2, 0) is 9.53 Å². The minimum atomic E-state index is -0.288. The molecule has 4 heteroatoms. The number of carbonyl (C=O) groups is 1. The first-order valence-electron chi connectivity index (χ1n) is 2.88. The molecule has 0 atom stereocenters. The van der Waals surface area contributed by atoms with Crippen LogP contribution in [0.2, 0.25) is 0 Å². The van der Waals surface area contributed by atoms with Gasteiger partial charge in [-0.2, -0.15) is 0 Å².